The monoisotopic (exact) mass is 441 g/mol. The second kappa shape index (κ2) is 17.8. The molecule has 0 aliphatic heterocycles. The van der Waals surface area contributed by atoms with Crippen LogP contribution in [0.5, 0.6) is 0 Å². The number of carbonyl (C=O) groups is 2. The summed E-state index contributed by atoms with van der Waals surface area (Å²) in [5, 5.41) is 20.3. The molecule has 1 unspecified atom stereocenters. The molecule has 6 heteroatoms. The van der Waals surface area contributed by atoms with Gasteiger partial charge in [0.05, 0.1) is 6.42 Å². The molecule has 3 N–H and O–H groups in total. The maximum Gasteiger partial charge on any atom is 2.00 e. The van der Waals surface area contributed by atoms with E-state index in [1.54, 1.807) is 0 Å². The molecule has 0 radical (unpaired) electrons. The summed E-state index contributed by atoms with van der Waals surface area (Å²) >= 11 is 0. The Bertz CT molecular complexity index is 297. The second-order valence-corrected chi connectivity index (χ2v) is 5.62. The molecule has 0 saturated heterocycles. The van der Waals surface area contributed by atoms with Crippen molar-refractivity contribution in [3.8, 4) is 0 Å². The van der Waals surface area contributed by atoms with Crippen molar-refractivity contribution in [2.45, 2.75) is 83.6 Å². The van der Waals surface area contributed by atoms with Crippen LogP contribution in [0.4, 0.5) is 0 Å². The summed E-state index contributed by atoms with van der Waals surface area (Å²) in [5.74, 6) is -2.18. The first-order chi connectivity index (χ1) is 10.1. The smallest absolute Gasteiger partial charge is 1.00 e. The van der Waals surface area contributed by atoms with Crippen molar-refractivity contribution in [2.24, 2.45) is 0 Å². The number of unbranched alkanes of at least 4 members (excludes halogenated alkanes) is 9. The van der Waals surface area contributed by atoms with Crippen molar-refractivity contribution in [1.82, 2.24) is 5.32 Å². The first kappa shape index (κ1) is 24.7. The predicted octanol–water partition coefficient (Wildman–Crippen LogP) is 3.27. The van der Waals surface area contributed by atoms with Crippen LogP contribution in [0.15, 0.2) is 0 Å². The van der Waals surface area contributed by atoms with E-state index in [4.69, 9.17) is 10.2 Å². The van der Waals surface area contributed by atoms with Crippen molar-refractivity contribution in [2.75, 3.05) is 6.54 Å². The fourth-order valence-corrected chi connectivity index (χ4v) is 2.31. The number of nitrogens with one attached hydrogen (secondary N) is 1. The van der Waals surface area contributed by atoms with Crippen LogP contribution in [0.1, 0.15) is 80.4 Å². The van der Waals surface area contributed by atoms with Gasteiger partial charge in [0.1, 0.15) is 6.04 Å². The Morgan fingerprint density at radius 2 is 1.36 bits per heavy atom. The number of hydrogen-bond acceptors (Lipinski definition) is 3. The molecule has 128 valence electrons. The molecule has 0 aliphatic carbocycles. The van der Waals surface area contributed by atoms with E-state index in [1.165, 1.54) is 51.4 Å². The topological polar surface area (TPSA) is 86.6 Å². The molecule has 0 amide bonds. The molecule has 0 aromatic rings. The standard InChI is InChI=1S/C16H31NO4.Ba.2H/c1-2-3-4-5-6-7-8-9-10-11-12-17-14(16(20)21)13-15(18)19;;;/h14,17H,2-13H2,1H3,(H,18,19)(H,20,21);;;/q;+2;2*-1. The van der Waals surface area contributed by atoms with Gasteiger partial charge in [0, 0.05) is 0 Å². The van der Waals surface area contributed by atoms with Crippen molar-refractivity contribution >= 4 is 60.8 Å². The van der Waals surface area contributed by atoms with Gasteiger partial charge in [-0.05, 0) is 13.0 Å². The summed E-state index contributed by atoms with van der Waals surface area (Å²) in [6, 6.07) is -0.971. The van der Waals surface area contributed by atoms with Crippen LogP contribution >= 0.6 is 0 Å². The van der Waals surface area contributed by atoms with Crippen LogP contribution in [0.2, 0.25) is 0 Å². The van der Waals surface area contributed by atoms with E-state index in [9.17, 15) is 9.59 Å². The van der Waals surface area contributed by atoms with Crippen molar-refractivity contribution in [3.63, 3.8) is 0 Å². The van der Waals surface area contributed by atoms with Gasteiger partial charge < -0.3 is 18.4 Å². The van der Waals surface area contributed by atoms with Crippen LogP contribution < -0.4 is 5.32 Å². The SMILES string of the molecule is CCCCCCCCCCCCNC(CC(=O)O)C(=O)O.[Ba+2].[H-].[H-]. The van der Waals surface area contributed by atoms with Crippen LogP contribution in [-0.4, -0.2) is 83.6 Å². The summed E-state index contributed by atoms with van der Waals surface area (Å²) in [7, 11) is 0. The molecule has 0 aromatic heterocycles. The van der Waals surface area contributed by atoms with Crippen molar-refractivity contribution < 1.29 is 22.7 Å². The molecule has 0 heterocycles. The molecule has 0 rings (SSSR count). The minimum Gasteiger partial charge on any atom is -1.00 e. The Morgan fingerprint density at radius 3 is 1.77 bits per heavy atom. The largest absolute Gasteiger partial charge is 2.00 e. The molecule has 5 nitrogen and oxygen atoms in total. The maximum absolute atomic E-state index is 10.8. The van der Waals surface area contributed by atoms with Gasteiger partial charge in [-0.2, -0.15) is 0 Å². The summed E-state index contributed by atoms with van der Waals surface area (Å²) in [4.78, 5) is 21.3. The summed E-state index contributed by atoms with van der Waals surface area (Å²) in [6.07, 6.45) is 11.9. The van der Waals surface area contributed by atoms with Gasteiger partial charge in [-0.3, -0.25) is 9.59 Å². The molecule has 1 atom stereocenters. The minimum atomic E-state index is -1.09. The third-order valence-electron chi connectivity index (χ3n) is 3.60. The van der Waals surface area contributed by atoms with E-state index >= 15 is 0 Å². The first-order valence-electron chi connectivity index (χ1n) is 8.26. The van der Waals surface area contributed by atoms with Gasteiger partial charge in [0.2, 0.25) is 0 Å². The number of rotatable bonds is 15. The van der Waals surface area contributed by atoms with E-state index in [2.05, 4.69) is 12.2 Å². The Balaban J connectivity index is -0.000000667. The number of hydrogen-bond donors (Lipinski definition) is 3. The van der Waals surface area contributed by atoms with Gasteiger partial charge in [-0.1, -0.05) is 64.7 Å². The molecule has 0 aromatic carbocycles. The maximum atomic E-state index is 10.8. The van der Waals surface area contributed by atoms with Crippen molar-refractivity contribution in [1.29, 1.82) is 0 Å². The fraction of sp³-hybridized carbons (Fsp3) is 0.875. The summed E-state index contributed by atoms with van der Waals surface area (Å²) in [5.41, 5.74) is 0. The van der Waals surface area contributed by atoms with Gasteiger partial charge in [-0.25, -0.2) is 0 Å². The average molecular weight is 441 g/mol. The van der Waals surface area contributed by atoms with Gasteiger partial charge in [0.25, 0.3) is 0 Å². The molecule has 0 bridgehead atoms. The zero-order valence-electron chi connectivity index (χ0n) is 16.0. The number of carboxylic acid groups (broad SMARTS) is 2. The molecule has 0 aliphatic rings. The Labute approximate surface area is 177 Å². The van der Waals surface area contributed by atoms with Crippen LogP contribution in [0.25, 0.3) is 0 Å². The zero-order valence-corrected chi connectivity index (χ0v) is 18.4. The van der Waals surface area contributed by atoms with E-state index in [0.29, 0.717) is 6.54 Å². The molecule has 22 heavy (non-hydrogen) atoms. The average Bonchev–Trinajstić information content (AvgIpc) is 2.42. The van der Waals surface area contributed by atoms with Crippen LogP contribution in [0, 0.1) is 0 Å². The predicted molar refractivity (Wildman–Crippen MR) is 91.5 cm³/mol. The third-order valence-corrected chi connectivity index (χ3v) is 3.60. The normalized spacial score (nSPS) is 11.7. The summed E-state index contributed by atoms with van der Waals surface area (Å²) < 4.78 is 0. The Morgan fingerprint density at radius 1 is 0.909 bits per heavy atom. The van der Waals surface area contributed by atoms with Crippen molar-refractivity contribution in [3.05, 3.63) is 0 Å². The Kier molecular flexibility index (Phi) is 20.0. The molecule has 0 fully saturated rings. The minimum absolute atomic E-state index is 0. The fourth-order valence-electron chi connectivity index (χ4n) is 2.31. The van der Waals surface area contributed by atoms with Crippen LogP contribution in [0.3, 0.4) is 0 Å². The second-order valence-electron chi connectivity index (χ2n) is 5.62. The van der Waals surface area contributed by atoms with E-state index < -0.39 is 18.0 Å². The molecule has 0 saturated carbocycles. The van der Waals surface area contributed by atoms with E-state index in [1.807, 2.05) is 0 Å². The van der Waals surface area contributed by atoms with Gasteiger partial charge >= 0.3 is 60.8 Å². The van der Waals surface area contributed by atoms with E-state index in [-0.39, 0.29) is 58.2 Å². The number of aliphatic carboxylic acids is 2. The quantitative estimate of drug-likeness (QED) is 0.269. The summed E-state index contributed by atoms with van der Waals surface area (Å²) in [6.45, 7) is 2.79. The van der Waals surface area contributed by atoms with Gasteiger partial charge in [-0.15, -0.1) is 0 Å². The van der Waals surface area contributed by atoms with Crippen LogP contribution in [-0.2, 0) is 9.59 Å². The van der Waals surface area contributed by atoms with Gasteiger partial charge in [0.15, 0.2) is 0 Å². The Hall–Kier alpha value is 0.471. The van der Waals surface area contributed by atoms with E-state index in [0.717, 1.165) is 12.8 Å². The first-order valence-corrected chi connectivity index (χ1v) is 8.26. The third kappa shape index (κ3) is 16.8. The molecule has 0 spiro atoms. The zero-order chi connectivity index (χ0) is 15.9. The molecular formula is C16H33BaNO4. The molecular weight excluding hydrogens is 408 g/mol. The number of carboxylic acids is 2.